The molecule has 0 radical (unpaired) electrons. The number of nitrogens with two attached hydrogens (primary N) is 1. The quantitative estimate of drug-likeness (QED) is 0.851. The molecule has 1 aromatic rings. The third-order valence-electron chi connectivity index (χ3n) is 4.49. The summed E-state index contributed by atoms with van der Waals surface area (Å²) in [5, 5.41) is 5.04. The number of hydrogen-bond acceptors (Lipinski definition) is 4. The molecule has 3 atom stereocenters. The van der Waals surface area contributed by atoms with Gasteiger partial charge in [0.15, 0.2) is 0 Å². The van der Waals surface area contributed by atoms with Crippen LogP contribution in [0.15, 0.2) is 34.1 Å². The Bertz CT molecular complexity index is 758. The molecular formula is C13H18N2O4S2. The second-order valence-corrected chi connectivity index (χ2v) is 9.20. The van der Waals surface area contributed by atoms with E-state index in [4.69, 9.17) is 5.14 Å². The van der Waals surface area contributed by atoms with Crippen molar-refractivity contribution in [1.29, 1.82) is 0 Å². The molecule has 2 saturated carbocycles. The highest BCUT2D eigenvalue weighted by Gasteiger charge is 2.41. The van der Waals surface area contributed by atoms with Gasteiger partial charge in [0.25, 0.3) is 0 Å². The van der Waals surface area contributed by atoms with Crippen LogP contribution in [-0.2, 0) is 20.0 Å². The Morgan fingerprint density at radius 3 is 2.33 bits per heavy atom. The van der Waals surface area contributed by atoms with Gasteiger partial charge < -0.3 is 0 Å². The van der Waals surface area contributed by atoms with Crippen LogP contribution in [0.1, 0.15) is 25.7 Å². The average molecular weight is 330 g/mol. The van der Waals surface area contributed by atoms with Crippen LogP contribution in [0, 0.1) is 11.8 Å². The van der Waals surface area contributed by atoms with Crippen molar-refractivity contribution in [3.8, 4) is 0 Å². The zero-order valence-corrected chi connectivity index (χ0v) is 13.0. The second-order valence-electron chi connectivity index (χ2n) is 5.92. The van der Waals surface area contributed by atoms with Gasteiger partial charge in [0.05, 0.1) is 9.79 Å². The summed E-state index contributed by atoms with van der Waals surface area (Å²) >= 11 is 0. The van der Waals surface area contributed by atoms with E-state index in [-0.39, 0.29) is 15.8 Å². The van der Waals surface area contributed by atoms with Crippen molar-refractivity contribution in [1.82, 2.24) is 4.72 Å². The Morgan fingerprint density at radius 2 is 1.76 bits per heavy atom. The van der Waals surface area contributed by atoms with Crippen molar-refractivity contribution >= 4 is 20.0 Å². The van der Waals surface area contributed by atoms with Crippen molar-refractivity contribution in [2.24, 2.45) is 17.0 Å². The first-order valence-corrected chi connectivity index (χ1v) is 9.94. The summed E-state index contributed by atoms with van der Waals surface area (Å²) in [5.74, 6) is 1.03. The SMILES string of the molecule is NS(=O)(=O)c1cccc(S(=O)(=O)NC2CC3CCC2C3)c1. The summed E-state index contributed by atoms with van der Waals surface area (Å²) in [7, 11) is -7.63. The monoisotopic (exact) mass is 330 g/mol. The minimum Gasteiger partial charge on any atom is -0.225 e. The Morgan fingerprint density at radius 1 is 1.05 bits per heavy atom. The van der Waals surface area contributed by atoms with E-state index in [1.165, 1.54) is 24.6 Å². The van der Waals surface area contributed by atoms with Crippen LogP contribution in [0.3, 0.4) is 0 Å². The molecular weight excluding hydrogens is 312 g/mol. The molecule has 0 saturated heterocycles. The second kappa shape index (κ2) is 5.05. The average Bonchev–Trinajstić information content (AvgIpc) is 2.99. The molecule has 2 fully saturated rings. The largest absolute Gasteiger partial charge is 0.240 e. The number of nitrogens with one attached hydrogen (secondary N) is 1. The van der Waals surface area contributed by atoms with Crippen LogP contribution in [0.4, 0.5) is 0 Å². The molecule has 3 unspecified atom stereocenters. The summed E-state index contributed by atoms with van der Waals surface area (Å²) in [6.07, 6.45) is 4.21. The van der Waals surface area contributed by atoms with Gasteiger partial charge in [-0.1, -0.05) is 12.5 Å². The maximum absolute atomic E-state index is 12.4. The zero-order chi connectivity index (χ0) is 15.3. The van der Waals surface area contributed by atoms with Gasteiger partial charge in [-0.05, 0) is 49.3 Å². The smallest absolute Gasteiger partial charge is 0.225 e. The van der Waals surface area contributed by atoms with Gasteiger partial charge in [-0.25, -0.2) is 26.7 Å². The number of sulfonamides is 2. The van der Waals surface area contributed by atoms with Gasteiger partial charge in [0.2, 0.25) is 20.0 Å². The Kier molecular flexibility index (Phi) is 3.59. The van der Waals surface area contributed by atoms with Crippen molar-refractivity contribution in [3.63, 3.8) is 0 Å². The molecule has 2 aliphatic carbocycles. The van der Waals surface area contributed by atoms with Crippen molar-refractivity contribution < 1.29 is 16.8 Å². The molecule has 2 aliphatic rings. The van der Waals surface area contributed by atoms with Gasteiger partial charge in [0.1, 0.15) is 0 Å². The summed E-state index contributed by atoms with van der Waals surface area (Å²) in [6.45, 7) is 0. The van der Waals surface area contributed by atoms with Crippen molar-refractivity contribution in [2.75, 3.05) is 0 Å². The minimum absolute atomic E-state index is 0.0353. The maximum Gasteiger partial charge on any atom is 0.240 e. The molecule has 8 heteroatoms. The topological polar surface area (TPSA) is 106 Å². The maximum atomic E-state index is 12.4. The lowest BCUT2D eigenvalue weighted by atomic mass is 9.96. The Balaban J connectivity index is 1.85. The lowest BCUT2D eigenvalue weighted by molar-refractivity contribution is 0.390. The molecule has 0 spiro atoms. The van der Waals surface area contributed by atoms with E-state index in [0.29, 0.717) is 11.8 Å². The van der Waals surface area contributed by atoms with Crippen LogP contribution >= 0.6 is 0 Å². The molecule has 6 nitrogen and oxygen atoms in total. The first-order valence-electron chi connectivity index (χ1n) is 6.91. The molecule has 0 amide bonds. The molecule has 3 N–H and O–H groups in total. The molecule has 21 heavy (non-hydrogen) atoms. The van der Waals surface area contributed by atoms with Crippen LogP contribution in [-0.4, -0.2) is 22.9 Å². The predicted octanol–water partition coefficient (Wildman–Crippen LogP) is 0.801. The van der Waals surface area contributed by atoms with Gasteiger partial charge in [0, 0.05) is 6.04 Å². The molecule has 0 heterocycles. The fraction of sp³-hybridized carbons (Fsp3) is 0.538. The summed E-state index contributed by atoms with van der Waals surface area (Å²) < 4.78 is 50.2. The van der Waals surface area contributed by atoms with Crippen LogP contribution < -0.4 is 9.86 Å². The standard InChI is InChI=1S/C13H18N2O4S2/c14-20(16,17)11-2-1-3-12(8-11)21(18,19)15-13-7-9-4-5-10(13)6-9/h1-3,8-10,13,15H,4-7H2,(H2,14,16,17). The van der Waals surface area contributed by atoms with Crippen LogP contribution in [0.25, 0.3) is 0 Å². The van der Waals surface area contributed by atoms with Gasteiger partial charge in [-0.15, -0.1) is 0 Å². The lowest BCUT2D eigenvalue weighted by Gasteiger charge is -2.22. The fourth-order valence-corrected chi connectivity index (χ4v) is 5.47. The lowest BCUT2D eigenvalue weighted by Crippen LogP contribution is -2.38. The summed E-state index contributed by atoms with van der Waals surface area (Å²) in [5.41, 5.74) is 0. The van der Waals surface area contributed by atoms with E-state index in [0.717, 1.165) is 25.3 Å². The van der Waals surface area contributed by atoms with Gasteiger partial charge in [-0.3, -0.25) is 0 Å². The molecule has 3 rings (SSSR count). The van der Waals surface area contributed by atoms with E-state index < -0.39 is 20.0 Å². The first-order chi connectivity index (χ1) is 9.75. The zero-order valence-electron chi connectivity index (χ0n) is 11.4. The van der Waals surface area contributed by atoms with E-state index in [9.17, 15) is 16.8 Å². The number of primary sulfonamides is 1. The molecule has 116 valence electrons. The molecule has 0 aliphatic heterocycles. The number of fused-ring (bicyclic) bond motifs is 2. The van der Waals surface area contributed by atoms with E-state index >= 15 is 0 Å². The normalized spacial score (nSPS) is 28.9. The van der Waals surface area contributed by atoms with E-state index in [1.807, 2.05) is 0 Å². The first kappa shape index (κ1) is 15.0. The molecule has 0 aromatic heterocycles. The van der Waals surface area contributed by atoms with E-state index in [1.54, 1.807) is 0 Å². The number of rotatable bonds is 4. The highest BCUT2D eigenvalue weighted by Crippen LogP contribution is 2.44. The van der Waals surface area contributed by atoms with Crippen molar-refractivity contribution in [3.05, 3.63) is 24.3 Å². The Hall–Kier alpha value is -0.960. The van der Waals surface area contributed by atoms with E-state index in [2.05, 4.69) is 4.72 Å². The van der Waals surface area contributed by atoms with Gasteiger partial charge >= 0.3 is 0 Å². The van der Waals surface area contributed by atoms with Gasteiger partial charge in [-0.2, -0.15) is 0 Å². The van der Waals surface area contributed by atoms with Crippen LogP contribution in [0.2, 0.25) is 0 Å². The summed E-state index contributed by atoms with van der Waals surface area (Å²) in [6, 6.07) is 5.11. The predicted molar refractivity (Wildman–Crippen MR) is 77.4 cm³/mol. The Labute approximate surface area is 124 Å². The third-order valence-corrected chi connectivity index (χ3v) is 6.89. The van der Waals surface area contributed by atoms with Crippen LogP contribution in [0.5, 0.6) is 0 Å². The highest BCUT2D eigenvalue weighted by molar-refractivity contribution is 7.90. The third kappa shape index (κ3) is 2.98. The summed E-state index contributed by atoms with van der Waals surface area (Å²) in [4.78, 5) is -0.255. The highest BCUT2D eigenvalue weighted by atomic mass is 32.2. The number of hydrogen-bond donors (Lipinski definition) is 2. The minimum atomic E-state index is -3.91. The molecule has 2 bridgehead atoms. The van der Waals surface area contributed by atoms with Crippen molar-refractivity contribution in [2.45, 2.75) is 41.5 Å². The number of benzene rings is 1. The fourth-order valence-electron chi connectivity index (χ4n) is 3.47. The molecule has 1 aromatic carbocycles.